The molecule has 0 aromatic heterocycles. The molecule has 0 N–H and O–H groups in total. The van der Waals surface area contributed by atoms with Gasteiger partial charge in [-0.15, -0.1) is 0 Å². The van der Waals surface area contributed by atoms with Crippen LogP contribution in [0.15, 0.2) is 24.3 Å². The molecule has 1 aliphatic heterocycles. The van der Waals surface area contributed by atoms with Crippen molar-refractivity contribution < 1.29 is 12.8 Å². The SMILES string of the molecule is C[C@@H]1CCCN(S(=O)(=O)N(CCC#N)c2ccc(F)cc2)C1. The molecule has 1 saturated heterocycles. The zero-order valence-electron chi connectivity index (χ0n) is 12.6. The van der Waals surface area contributed by atoms with Crippen LogP contribution in [0.4, 0.5) is 10.1 Å². The van der Waals surface area contributed by atoms with Crippen LogP contribution in [0, 0.1) is 23.1 Å². The van der Waals surface area contributed by atoms with E-state index >= 15 is 0 Å². The van der Waals surface area contributed by atoms with Crippen LogP contribution in [-0.4, -0.2) is 32.4 Å². The Balaban J connectivity index is 2.31. The summed E-state index contributed by atoms with van der Waals surface area (Å²) in [6, 6.07) is 7.27. The van der Waals surface area contributed by atoms with Crippen molar-refractivity contribution in [3.63, 3.8) is 0 Å². The second kappa shape index (κ2) is 7.07. The van der Waals surface area contributed by atoms with Crippen molar-refractivity contribution in [2.24, 2.45) is 5.92 Å². The molecule has 0 unspecified atom stereocenters. The molecule has 7 heteroatoms. The van der Waals surface area contributed by atoms with Crippen molar-refractivity contribution in [2.75, 3.05) is 23.9 Å². The number of halogens is 1. The van der Waals surface area contributed by atoms with Crippen molar-refractivity contribution >= 4 is 15.9 Å². The Morgan fingerprint density at radius 2 is 2.09 bits per heavy atom. The van der Waals surface area contributed by atoms with Crippen LogP contribution >= 0.6 is 0 Å². The van der Waals surface area contributed by atoms with E-state index in [0.717, 1.165) is 12.8 Å². The molecule has 1 fully saturated rings. The average Bonchev–Trinajstić information content (AvgIpc) is 2.49. The Kier molecular flexibility index (Phi) is 5.37. The Labute approximate surface area is 131 Å². The molecule has 0 bridgehead atoms. The molecule has 1 aromatic carbocycles. The predicted molar refractivity (Wildman–Crippen MR) is 82.9 cm³/mol. The largest absolute Gasteiger partial charge is 0.304 e. The summed E-state index contributed by atoms with van der Waals surface area (Å²) >= 11 is 0. The lowest BCUT2D eigenvalue weighted by molar-refractivity contribution is 0.280. The molecule has 0 radical (unpaired) electrons. The number of piperidine rings is 1. The third-order valence-electron chi connectivity index (χ3n) is 3.77. The minimum Gasteiger partial charge on any atom is -0.257 e. The van der Waals surface area contributed by atoms with E-state index in [1.54, 1.807) is 0 Å². The van der Waals surface area contributed by atoms with E-state index in [0.29, 0.717) is 24.7 Å². The molecule has 1 atom stereocenters. The number of rotatable bonds is 5. The first-order chi connectivity index (χ1) is 10.4. The number of anilines is 1. The second-order valence-electron chi connectivity index (χ2n) is 5.57. The fraction of sp³-hybridized carbons (Fsp3) is 0.533. The smallest absolute Gasteiger partial charge is 0.257 e. The van der Waals surface area contributed by atoms with Crippen molar-refractivity contribution in [1.82, 2.24) is 4.31 Å². The van der Waals surface area contributed by atoms with Gasteiger partial charge < -0.3 is 0 Å². The van der Waals surface area contributed by atoms with Crippen LogP contribution in [-0.2, 0) is 10.2 Å². The van der Waals surface area contributed by atoms with Gasteiger partial charge in [-0.1, -0.05) is 6.92 Å². The minimum atomic E-state index is -3.70. The summed E-state index contributed by atoms with van der Waals surface area (Å²) in [5, 5.41) is 8.78. The van der Waals surface area contributed by atoms with Gasteiger partial charge >= 0.3 is 10.2 Å². The summed E-state index contributed by atoms with van der Waals surface area (Å²) in [6.07, 6.45) is 1.93. The minimum absolute atomic E-state index is 0.0648. The monoisotopic (exact) mass is 325 g/mol. The van der Waals surface area contributed by atoms with Crippen LogP contribution in [0.25, 0.3) is 0 Å². The highest BCUT2D eigenvalue weighted by Crippen LogP contribution is 2.25. The summed E-state index contributed by atoms with van der Waals surface area (Å²) in [6.45, 7) is 3.05. The average molecular weight is 325 g/mol. The van der Waals surface area contributed by atoms with E-state index in [1.807, 2.05) is 13.0 Å². The molecule has 1 aliphatic rings. The lowest BCUT2D eigenvalue weighted by atomic mass is 10.0. The molecule has 2 rings (SSSR count). The predicted octanol–water partition coefficient (Wildman–Crippen LogP) is 2.52. The first-order valence-electron chi connectivity index (χ1n) is 7.35. The lowest BCUT2D eigenvalue weighted by Crippen LogP contribution is -2.48. The highest BCUT2D eigenvalue weighted by atomic mass is 32.2. The molecule has 22 heavy (non-hydrogen) atoms. The standard InChI is InChI=1S/C15H20FN3O2S/c1-13-4-2-10-18(12-13)22(20,21)19(11-3-9-17)15-7-5-14(16)6-8-15/h5-8,13H,2-4,10-12H2,1H3/t13-/m1/s1. The van der Waals surface area contributed by atoms with E-state index in [4.69, 9.17) is 5.26 Å². The lowest BCUT2D eigenvalue weighted by Gasteiger charge is -2.35. The maximum Gasteiger partial charge on any atom is 0.304 e. The molecule has 0 spiro atoms. The molecule has 0 saturated carbocycles. The van der Waals surface area contributed by atoms with Crippen LogP contribution < -0.4 is 4.31 Å². The highest BCUT2D eigenvalue weighted by molar-refractivity contribution is 7.90. The van der Waals surface area contributed by atoms with Crippen molar-refractivity contribution in [1.29, 1.82) is 5.26 Å². The van der Waals surface area contributed by atoms with Gasteiger partial charge in [0.1, 0.15) is 5.82 Å². The number of nitriles is 1. The van der Waals surface area contributed by atoms with Crippen LogP contribution in [0.2, 0.25) is 0 Å². The summed E-state index contributed by atoms with van der Waals surface area (Å²) in [5.74, 6) is -0.109. The van der Waals surface area contributed by atoms with Gasteiger partial charge in [0.25, 0.3) is 0 Å². The summed E-state index contributed by atoms with van der Waals surface area (Å²) in [4.78, 5) is 0. The topological polar surface area (TPSA) is 64.4 Å². The van der Waals surface area contributed by atoms with Gasteiger partial charge in [-0.25, -0.2) is 4.39 Å². The third kappa shape index (κ3) is 3.76. The first-order valence-corrected chi connectivity index (χ1v) is 8.75. The van der Waals surface area contributed by atoms with Crippen molar-refractivity contribution in [3.05, 3.63) is 30.1 Å². The summed E-state index contributed by atoms with van der Waals surface area (Å²) < 4.78 is 41.5. The number of nitrogens with zero attached hydrogens (tertiary/aromatic N) is 3. The number of hydrogen-bond acceptors (Lipinski definition) is 3. The van der Waals surface area contributed by atoms with Gasteiger partial charge in [0, 0.05) is 19.6 Å². The molecule has 5 nitrogen and oxygen atoms in total. The molecule has 0 amide bonds. The quantitative estimate of drug-likeness (QED) is 0.835. The second-order valence-corrected chi connectivity index (χ2v) is 7.42. The molecule has 1 aromatic rings. The molecule has 1 heterocycles. The van der Waals surface area contributed by atoms with Crippen molar-refractivity contribution in [2.45, 2.75) is 26.2 Å². The van der Waals surface area contributed by atoms with Gasteiger partial charge in [-0.3, -0.25) is 4.31 Å². The van der Waals surface area contributed by atoms with E-state index < -0.39 is 16.0 Å². The van der Waals surface area contributed by atoms with Gasteiger partial charge in [-0.2, -0.15) is 18.0 Å². The van der Waals surface area contributed by atoms with Gasteiger partial charge in [0.05, 0.1) is 18.2 Å². The fourth-order valence-corrected chi connectivity index (χ4v) is 4.42. The van der Waals surface area contributed by atoms with Gasteiger partial charge in [0.15, 0.2) is 0 Å². The first kappa shape index (κ1) is 16.7. The Morgan fingerprint density at radius 3 is 2.68 bits per heavy atom. The zero-order valence-corrected chi connectivity index (χ0v) is 13.4. The maximum absolute atomic E-state index is 13.1. The van der Waals surface area contributed by atoms with Crippen LogP contribution in [0.3, 0.4) is 0 Å². The third-order valence-corrected chi connectivity index (χ3v) is 5.70. The van der Waals surface area contributed by atoms with Gasteiger partial charge in [0.2, 0.25) is 0 Å². The van der Waals surface area contributed by atoms with Crippen molar-refractivity contribution in [3.8, 4) is 6.07 Å². The van der Waals surface area contributed by atoms with Gasteiger partial charge in [-0.05, 0) is 43.0 Å². The fourth-order valence-electron chi connectivity index (χ4n) is 2.63. The van der Waals surface area contributed by atoms with E-state index in [1.165, 1.54) is 32.9 Å². The van der Waals surface area contributed by atoms with Crippen LogP contribution in [0.1, 0.15) is 26.2 Å². The molecule has 0 aliphatic carbocycles. The Bertz CT molecular complexity index is 640. The Hall–Kier alpha value is -1.65. The van der Waals surface area contributed by atoms with E-state index in [-0.39, 0.29) is 13.0 Å². The number of hydrogen-bond donors (Lipinski definition) is 0. The normalized spacial score (nSPS) is 19.6. The maximum atomic E-state index is 13.1. The Morgan fingerprint density at radius 1 is 1.41 bits per heavy atom. The van der Waals surface area contributed by atoms with E-state index in [9.17, 15) is 12.8 Å². The van der Waals surface area contributed by atoms with Crippen LogP contribution in [0.5, 0.6) is 0 Å². The molecular weight excluding hydrogens is 305 g/mol. The van der Waals surface area contributed by atoms with E-state index in [2.05, 4.69) is 0 Å². The zero-order chi connectivity index (χ0) is 16.2. The highest BCUT2D eigenvalue weighted by Gasteiger charge is 2.32. The summed E-state index contributed by atoms with van der Waals surface area (Å²) in [7, 11) is -3.70. The summed E-state index contributed by atoms with van der Waals surface area (Å²) in [5.41, 5.74) is 0.384. The number of benzene rings is 1. The molecule has 120 valence electrons. The molecular formula is C15H20FN3O2S.